The highest BCUT2D eigenvalue weighted by molar-refractivity contribution is 4.76. The molecule has 1 saturated heterocycles. The molecule has 0 bridgehead atoms. The Morgan fingerprint density at radius 3 is 2.75 bits per heavy atom. The molecule has 1 heterocycles. The molecule has 1 unspecified atom stereocenters. The Kier molecular flexibility index (Phi) is 5.51. The monoisotopic (exact) mass is 240 g/mol. The van der Waals surface area contributed by atoms with Crippen molar-refractivity contribution in [3.05, 3.63) is 0 Å². The first kappa shape index (κ1) is 13.7. The van der Waals surface area contributed by atoms with Crippen molar-refractivity contribution in [2.45, 2.75) is 19.7 Å². The zero-order valence-electron chi connectivity index (χ0n) is 9.52. The molecule has 96 valence electrons. The average molecular weight is 240 g/mol. The van der Waals surface area contributed by atoms with Crippen LogP contribution in [0.4, 0.5) is 13.2 Å². The number of likely N-dealkylation sites (tertiary alicyclic amines) is 1. The minimum absolute atomic E-state index is 0.252. The van der Waals surface area contributed by atoms with E-state index in [2.05, 4.69) is 21.9 Å². The molecular formula is C10H19F3N2O. The lowest BCUT2D eigenvalue weighted by Gasteiger charge is -2.14. The van der Waals surface area contributed by atoms with E-state index in [0.717, 1.165) is 32.6 Å². The van der Waals surface area contributed by atoms with Crippen LogP contribution in [0.1, 0.15) is 13.3 Å². The second kappa shape index (κ2) is 6.42. The van der Waals surface area contributed by atoms with Crippen molar-refractivity contribution in [2.75, 3.05) is 39.3 Å². The zero-order chi connectivity index (χ0) is 12.0. The van der Waals surface area contributed by atoms with Gasteiger partial charge in [0.2, 0.25) is 0 Å². The normalized spacial score (nSPS) is 22.9. The SMILES string of the molecule is CCN1CCC(CNCCOC(F)(F)F)C1. The maximum atomic E-state index is 11.6. The number of hydrogen-bond acceptors (Lipinski definition) is 3. The second-order valence-electron chi connectivity index (χ2n) is 4.05. The second-order valence-corrected chi connectivity index (χ2v) is 4.05. The third-order valence-corrected chi connectivity index (χ3v) is 2.79. The average Bonchev–Trinajstić information content (AvgIpc) is 2.63. The fraction of sp³-hybridized carbons (Fsp3) is 1.00. The van der Waals surface area contributed by atoms with Gasteiger partial charge in [0.25, 0.3) is 0 Å². The molecule has 0 aromatic carbocycles. The molecule has 0 aromatic heterocycles. The highest BCUT2D eigenvalue weighted by atomic mass is 19.4. The number of ether oxygens (including phenoxy) is 1. The quantitative estimate of drug-likeness (QED) is 0.711. The van der Waals surface area contributed by atoms with Crippen LogP contribution in [0.15, 0.2) is 0 Å². The Hall–Kier alpha value is -0.330. The Labute approximate surface area is 93.9 Å². The third kappa shape index (κ3) is 5.67. The summed E-state index contributed by atoms with van der Waals surface area (Å²) >= 11 is 0. The van der Waals surface area contributed by atoms with Gasteiger partial charge in [0.15, 0.2) is 0 Å². The van der Waals surface area contributed by atoms with E-state index in [4.69, 9.17) is 0 Å². The summed E-state index contributed by atoms with van der Waals surface area (Å²) in [5, 5.41) is 2.99. The van der Waals surface area contributed by atoms with Crippen molar-refractivity contribution in [1.29, 1.82) is 0 Å². The molecule has 1 rings (SSSR count). The maximum Gasteiger partial charge on any atom is 0.522 e. The number of nitrogens with zero attached hydrogens (tertiary/aromatic N) is 1. The van der Waals surface area contributed by atoms with E-state index in [0.29, 0.717) is 5.92 Å². The van der Waals surface area contributed by atoms with Crippen LogP contribution in [0.25, 0.3) is 0 Å². The minimum Gasteiger partial charge on any atom is -0.314 e. The predicted molar refractivity (Wildman–Crippen MR) is 55.1 cm³/mol. The van der Waals surface area contributed by atoms with E-state index in [-0.39, 0.29) is 13.2 Å². The van der Waals surface area contributed by atoms with Crippen molar-refractivity contribution < 1.29 is 17.9 Å². The summed E-state index contributed by atoms with van der Waals surface area (Å²) in [5.41, 5.74) is 0. The first-order chi connectivity index (χ1) is 7.51. The summed E-state index contributed by atoms with van der Waals surface area (Å²) in [4.78, 5) is 2.35. The van der Waals surface area contributed by atoms with Crippen LogP contribution in [0.2, 0.25) is 0 Å². The van der Waals surface area contributed by atoms with Crippen LogP contribution < -0.4 is 5.32 Å². The maximum absolute atomic E-state index is 11.6. The van der Waals surface area contributed by atoms with E-state index >= 15 is 0 Å². The molecular weight excluding hydrogens is 221 g/mol. The van der Waals surface area contributed by atoms with Gasteiger partial charge in [-0.25, -0.2) is 0 Å². The van der Waals surface area contributed by atoms with Crippen molar-refractivity contribution in [2.24, 2.45) is 5.92 Å². The fourth-order valence-electron chi connectivity index (χ4n) is 1.91. The third-order valence-electron chi connectivity index (χ3n) is 2.79. The molecule has 6 heteroatoms. The van der Waals surface area contributed by atoms with Crippen molar-refractivity contribution >= 4 is 0 Å². The van der Waals surface area contributed by atoms with Gasteiger partial charge in [0.1, 0.15) is 0 Å². The van der Waals surface area contributed by atoms with Crippen LogP contribution in [0.5, 0.6) is 0 Å². The molecule has 0 aromatic rings. The summed E-state index contributed by atoms with van der Waals surface area (Å²) in [5.74, 6) is 0.561. The van der Waals surface area contributed by atoms with Gasteiger partial charge < -0.3 is 10.2 Å². The molecule has 0 amide bonds. The predicted octanol–water partition coefficient (Wildman–Crippen LogP) is 1.45. The van der Waals surface area contributed by atoms with Gasteiger partial charge in [-0.15, -0.1) is 13.2 Å². The number of halogens is 3. The molecule has 1 N–H and O–H groups in total. The summed E-state index contributed by atoms with van der Waals surface area (Å²) in [7, 11) is 0. The van der Waals surface area contributed by atoms with E-state index in [9.17, 15) is 13.2 Å². The standard InChI is InChI=1S/C10H19F3N2O/c1-2-15-5-3-9(8-15)7-14-4-6-16-10(11,12)13/h9,14H,2-8H2,1H3. The smallest absolute Gasteiger partial charge is 0.314 e. The molecule has 1 aliphatic heterocycles. The summed E-state index contributed by atoms with van der Waals surface area (Å²) in [6, 6.07) is 0. The number of nitrogens with one attached hydrogen (secondary N) is 1. The van der Waals surface area contributed by atoms with Crippen molar-refractivity contribution in [3.8, 4) is 0 Å². The molecule has 1 atom stereocenters. The molecule has 0 radical (unpaired) electrons. The van der Waals surface area contributed by atoms with E-state index in [1.54, 1.807) is 0 Å². The van der Waals surface area contributed by atoms with Gasteiger partial charge in [-0.05, 0) is 32.0 Å². The molecule has 0 spiro atoms. The summed E-state index contributed by atoms with van der Waals surface area (Å²) < 4.78 is 38.5. The zero-order valence-corrected chi connectivity index (χ0v) is 9.52. The van der Waals surface area contributed by atoms with Crippen LogP contribution in [0.3, 0.4) is 0 Å². The van der Waals surface area contributed by atoms with Gasteiger partial charge in [-0.2, -0.15) is 0 Å². The first-order valence-electron chi connectivity index (χ1n) is 5.65. The number of hydrogen-bond donors (Lipinski definition) is 1. The first-order valence-corrected chi connectivity index (χ1v) is 5.65. The largest absolute Gasteiger partial charge is 0.522 e. The van der Waals surface area contributed by atoms with E-state index in [1.165, 1.54) is 0 Å². The Balaban J connectivity index is 1.96. The lowest BCUT2D eigenvalue weighted by Crippen LogP contribution is -2.30. The van der Waals surface area contributed by atoms with Crippen LogP contribution in [0, 0.1) is 5.92 Å². The summed E-state index contributed by atoms with van der Waals surface area (Å²) in [6.07, 6.45) is -3.38. The number of rotatable bonds is 6. The Bertz CT molecular complexity index is 199. The molecule has 1 aliphatic rings. The molecule has 3 nitrogen and oxygen atoms in total. The van der Waals surface area contributed by atoms with Gasteiger partial charge in [-0.1, -0.05) is 6.92 Å². The number of alkyl halides is 3. The van der Waals surface area contributed by atoms with Crippen LogP contribution in [-0.4, -0.2) is 50.6 Å². The Morgan fingerprint density at radius 2 is 2.19 bits per heavy atom. The van der Waals surface area contributed by atoms with Gasteiger partial charge in [0, 0.05) is 13.1 Å². The Morgan fingerprint density at radius 1 is 1.44 bits per heavy atom. The molecule has 16 heavy (non-hydrogen) atoms. The van der Waals surface area contributed by atoms with Gasteiger partial charge in [-0.3, -0.25) is 4.74 Å². The lowest BCUT2D eigenvalue weighted by molar-refractivity contribution is -0.323. The molecule has 0 aliphatic carbocycles. The molecule has 1 fully saturated rings. The molecule has 0 saturated carbocycles. The minimum atomic E-state index is -4.51. The highest BCUT2D eigenvalue weighted by Gasteiger charge is 2.28. The van der Waals surface area contributed by atoms with Crippen LogP contribution >= 0.6 is 0 Å². The van der Waals surface area contributed by atoms with Gasteiger partial charge >= 0.3 is 6.36 Å². The topological polar surface area (TPSA) is 24.5 Å². The van der Waals surface area contributed by atoms with Crippen molar-refractivity contribution in [3.63, 3.8) is 0 Å². The van der Waals surface area contributed by atoms with E-state index < -0.39 is 6.36 Å². The van der Waals surface area contributed by atoms with Crippen molar-refractivity contribution in [1.82, 2.24) is 10.2 Å². The van der Waals surface area contributed by atoms with Crippen LogP contribution in [-0.2, 0) is 4.74 Å². The fourth-order valence-corrected chi connectivity index (χ4v) is 1.91. The van der Waals surface area contributed by atoms with Gasteiger partial charge in [0.05, 0.1) is 6.61 Å². The highest BCUT2D eigenvalue weighted by Crippen LogP contribution is 2.16. The summed E-state index contributed by atoms with van der Waals surface area (Å²) in [6.45, 7) is 6.03. The van der Waals surface area contributed by atoms with E-state index in [1.807, 2.05) is 0 Å². The lowest BCUT2D eigenvalue weighted by atomic mass is 10.1.